The first-order chi connectivity index (χ1) is 8.65. The number of benzene rings is 1. The number of ketones is 1. The fourth-order valence-electron chi connectivity index (χ4n) is 2.57. The number of hydrogen-bond acceptors (Lipinski definition) is 3. The summed E-state index contributed by atoms with van der Waals surface area (Å²) in [4.78, 5) is 24.5. The zero-order valence-corrected chi connectivity index (χ0v) is 10.4. The molecule has 0 fully saturated rings. The van der Waals surface area contributed by atoms with Crippen LogP contribution < -0.4 is 0 Å². The van der Waals surface area contributed by atoms with Crippen LogP contribution in [0.2, 0.25) is 0 Å². The number of hydrogen-bond donors (Lipinski definition) is 0. The molecule has 1 aromatic carbocycles. The maximum Gasteiger partial charge on any atom is 0.320 e. The smallest absolute Gasteiger partial charge is 0.320 e. The molecule has 0 radical (unpaired) electrons. The van der Waals surface area contributed by atoms with Crippen LogP contribution in [0.1, 0.15) is 28.8 Å². The van der Waals surface area contributed by atoms with Crippen molar-refractivity contribution in [1.82, 2.24) is 0 Å². The fraction of sp³-hybridized carbons (Fsp3) is 0.333. The molecule has 1 aliphatic rings. The van der Waals surface area contributed by atoms with Gasteiger partial charge in [0.05, 0.1) is 7.11 Å². The third-order valence-electron chi connectivity index (χ3n) is 3.54. The second kappa shape index (κ2) is 4.77. The molecular weight excluding hydrogens is 228 g/mol. The highest BCUT2D eigenvalue weighted by Crippen LogP contribution is 2.41. The number of ether oxygens (including phenoxy) is 1. The molecule has 1 atom stereocenters. The van der Waals surface area contributed by atoms with E-state index in [-0.39, 0.29) is 5.78 Å². The van der Waals surface area contributed by atoms with Gasteiger partial charge in [0.1, 0.15) is 5.41 Å². The van der Waals surface area contributed by atoms with Gasteiger partial charge in [0.15, 0.2) is 5.78 Å². The molecule has 0 saturated heterocycles. The van der Waals surface area contributed by atoms with E-state index in [1.165, 1.54) is 7.11 Å². The third kappa shape index (κ3) is 1.76. The summed E-state index contributed by atoms with van der Waals surface area (Å²) in [6.45, 7) is 3.65. The zero-order chi connectivity index (χ0) is 13.2. The van der Waals surface area contributed by atoms with E-state index in [2.05, 4.69) is 6.58 Å². The molecule has 0 heterocycles. The quantitative estimate of drug-likeness (QED) is 0.464. The Hall–Kier alpha value is -1.90. The lowest BCUT2D eigenvalue weighted by Gasteiger charge is -2.23. The van der Waals surface area contributed by atoms with Crippen LogP contribution in [0.15, 0.2) is 36.9 Å². The number of carbonyl (C=O) groups excluding carboxylic acids is 2. The van der Waals surface area contributed by atoms with E-state index >= 15 is 0 Å². The van der Waals surface area contributed by atoms with Gasteiger partial charge >= 0.3 is 5.97 Å². The molecule has 0 N–H and O–H groups in total. The molecule has 1 unspecified atom stereocenters. The van der Waals surface area contributed by atoms with Crippen molar-refractivity contribution in [1.29, 1.82) is 0 Å². The Labute approximate surface area is 106 Å². The summed E-state index contributed by atoms with van der Waals surface area (Å²) in [5.74, 6) is -0.558. The van der Waals surface area contributed by atoms with Crippen molar-refractivity contribution in [3.8, 4) is 0 Å². The van der Waals surface area contributed by atoms with Crippen molar-refractivity contribution in [3.63, 3.8) is 0 Å². The Morgan fingerprint density at radius 3 is 2.83 bits per heavy atom. The Kier molecular flexibility index (Phi) is 3.32. The second-order valence-electron chi connectivity index (χ2n) is 4.56. The number of allylic oxidation sites excluding steroid dienone is 1. The van der Waals surface area contributed by atoms with Crippen LogP contribution in [-0.4, -0.2) is 18.9 Å². The minimum atomic E-state index is -1.05. The first-order valence-corrected chi connectivity index (χ1v) is 5.98. The molecule has 0 bridgehead atoms. The monoisotopic (exact) mass is 244 g/mol. The van der Waals surface area contributed by atoms with Gasteiger partial charge in [-0.2, -0.15) is 0 Å². The molecule has 0 amide bonds. The second-order valence-corrected chi connectivity index (χ2v) is 4.56. The summed E-state index contributed by atoms with van der Waals surface area (Å²) in [6, 6.07) is 7.37. The highest BCUT2D eigenvalue weighted by atomic mass is 16.5. The summed E-state index contributed by atoms with van der Waals surface area (Å²) in [6.07, 6.45) is 3.23. The van der Waals surface area contributed by atoms with Gasteiger partial charge in [-0.05, 0) is 24.8 Å². The highest BCUT2D eigenvalue weighted by Gasteiger charge is 2.51. The van der Waals surface area contributed by atoms with Crippen molar-refractivity contribution in [3.05, 3.63) is 48.0 Å². The van der Waals surface area contributed by atoms with Gasteiger partial charge in [-0.1, -0.05) is 30.3 Å². The largest absolute Gasteiger partial charge is 0.468 e. The van der Waals surface area contributed by atoms with Crippen molar-refractivity contribution < 1.29 is 14.3 Å². The number of rotatable bonds is 4. The van der Waals surface area contributed by atoms with E-state index < -0.39 is 11.4 Å². The Morgan fingerprint density at radius 1 is 1.50 bits per heavy atom. The van der Waals surface area contributed by atoms with Crippen molar-refractivity contribution in [2.24, 2.45) is 5.41 Å². The maximum absolute atomic E-state index is 12.5. The molecule has 0 saturated carbocycles. The number of esters is 1. The SMILES string of the molecule is C=CCCC1(C(=O)OC)Cc2ccccc2C1=O. The lowest BCUT2D eigenvalue weighted by Crippen LogP contribution is -2.38. The van der Waals surface area contributed by atoms with E-state index in [1.807, 2.05) is 18.2 Å². The number of fused-ring (bicyclic) bond motifs is 1. The molecule has 0 aliphatic heterocycles. The first-order valence-electron chi connectivity index (χ1n) is 5.98. The molecule has 0 spiro atoms. The van der Waals surface area contributed by atoms with Gasteiger partial charge < -0.3 is 4.74 Å². The number of carbonyl (C=O) groups is 2. The lowest BCUT2D eigenvalue weighted by molar-refractivity contribution is -0.149. The fourth-order valence-corrected chi connectivity index (χ4v) is 2.57. The summed E-state index contributed by atoms with van der Waals surface area (Å²) >= 11 is 0. The summed E-state index contributed by atoms with van der Waals surface area (Å²) in [5, 5.41) is 0. The van der Waals surface area contributed by atoms with Crippen molar-refractivity contribution in [2.45, 2.75) is 19.3 Å². The van der Waals surface area contributed by atoms with Gasteiger partial charge in [-0.15, -0.1) is 6.58 Å². The van der Waals surface area contributed by atoms with Gasteiger partial charge in [0, 0.05) is 5.56 Å². The molecule has 2 rings (SSSR count). The molecule has 1 aromatic rings. The van der Waals surface area contributed by atoms with Gasteiger partial charge in [0.2, 0.25) is 0 Å². The van der Waals surface area contributed by atoms with Crippen LogP contribution in [0.4, 0.5) is 0 Å². The van der Waals surface area contributed by atoms with Crippen LogP contribution in [0, 0.1) is 5.41 Å². The summed E-state index contributed by atoms with van der Waals surface area (Å²) < 4.78 is 4.84. The lowest BCUT2D eigenvalue weighted by atomic mass is 9.79. The highest BCUT2D eigenvalue weighted by molar-refractivity contribution is 6.16. The molecule has 3 heteroatoms. The van der Waals surface area contributed by atoms with Gasteiger partial charge in [0.25, 0.3) is 0 Å². The minimum Gasteiger partial charge on any atom is -0.468 e. The normalized spacial score (nSPS) is 21.5. The van der Waals surface area contributed by atoms with Crippen molar-refractivity contribution >= 4 is 11.8 Å². The van der Waals surface area contributed by atoms with E-state index in [9.17, 15) is 9.59 Å². The van der Waals surface area contributed by atoms with E-state index in [0.29, 0.717) is 24.8 Å². The van der Waals surface area contributed by atoms with Crippen LogP contribution >= 0.6 is 0 Å². The molecule has 18 heavy (non-hydrogen) atoms. The third-order valence-corrected chi connectivity index (χ3v) is 3.54. The Bertz CT molecular complexity index is 504. The molecule has 1 aliphatic carbocycles. The molecule has 0 aromatic heterocycles. The summed E-state index contributed by atoms with van der Waals surface area (Å²) in [7, 11) is 1.33. The molecular formula is C15H16O3. The zero-order valence-electron chi connectivity index (χ0n) is 10.4. The average molecular weight is 244 g/mol. The minimum absolute atomic E-state index is 0.119. The first kappa shape index (κ1) is 12.6. The topological polar surface area (TPSA) is 43.4 Å². The maximum atomic E-state index is 12.5. The Morgan fingerprint density at radius 2 is 2.22 bits per heavy atom. The van der Waals surface area contributed by atoms with Gasteiger partial charge in [-0.25, -0.2) is 0 Å². The van der Waals surface area contributed by atoms with Crippen LogP contribution in [0.3, 0.4) is 0 Å². The van der Waals surface area contributed by atoms with E-state index in [4.69, 9.17) is 4.74 Å². The standard InChI is InChI=1S/C15H16O3/c1-3-4-9-15(14(17)18-2)10-11-7-5-6-8-12(11)13(15)16/h3,5-8H,1,4,9-10H2,2H3. The summed E-state index contributed by atoms with van der Waals surface area (Å²) in [5.41, 5.74) is 0.524. The predicted octanol–water partition coefficient (Wildman–Crippen LogP) is 2.55. The number of Topliss-reactive ketones (excluding diaryl/α,β-unsaturated/α-hetero) is 1. The Balaban J connectivity index is 2.43. The van der Waals surface area contributed by atoms with Gasteiger partial charge in [-0.3, -0.25) is 9.59 Å². The molecule has 94 valence electrons. The van der Waals surface area contributed by atoms with E-state index in [1.54, 1.807) is 12.1 Å². The number of methoxy groups -OCH3 is 1. The average Bonchev–Trinajstić information content (AvgIpc) is 2.70. The van der Waals surface area contributed by atoms with E-state index in [0.717, 1.165) is 5.56 Å². The van der Waals surface area contributed by atoms with Crippen LogP contribution in [0.25, 0.3) is 0 Å². The van der Waals surface area contributed by atoms with Crippen LogP contribution in [-0.2, 0) is 16.0 Å². The van der Waals surface area contributed by atoms with Crippen LogP contribution in [0.5, 0.6) is 0 Å². The van der Waals surface area contributed by atoms with Crippen molar-refractivity contribution in [2.75, 3.05) is 7.11 Å². The molecule has 3 nitrogen and oxygen atoms in total. The predicted molar refractivity (Wildman–Crippen MR) is 68.4 cm³/mol.